The third kappa shape index (κ3) is 3.85. The molecule has 2 aromatic rings. The number of imide groups is 2. The van der Waals surface area contributed by atoms with Crippen LogP contribution in [-0.4, -0.2) is 51.3 Å². The number of rotatable bonds is 6. The van der Waals surface area contributed by atoms with Gasteiger partial charge in [-0.1, -0.05) is 48.0 Å². The van der Waals surface area contributed by atoms with Gasteiger partial charge in [0.25, 0.3) is 0 Å². The largest absolute Gasteiger partial charge is 0.507 e. The number of likely N-dealkylation sites (tertiary alicyclic amines) is 1. The van der Waals surface area contributed by atoms with Crippen LogP contribution in [0.4, 0.5) is 5.69 Å². The molecule has 9 heteroatoms. The summed E-state index contributed by atoms with van der Waals surface area (Å²) in [6, 6.07) is 14.1. The summed E-state index contributed by atoms with van der Waals surface area (Å²) in [5, 5.41) is 20.3. The van der Waals surface area contributed by atoms with Crippen molar-refractivity contribution >= 4 is 35.3 Å². The Morgan fingerprint density at radius 1 is 0.976 bits per heavy atom. The Morgan fingerprint density at radius 2 is 1.71 bits per heavy atom. The number of hydrogen-bond acceptors (Lipinski definition) is 6. The molecule has 212 valence electrons. The normalized spacial score (nSPS) is 30.7. The SMILES string of the molecule is Cc1cccc(C2C3=CCC4C(=O)N(CCCC(=O)O)C(=O)C4C3CC3C(=O)N(c4ccccc4)C(=O)C32C)c1O. The molecule has 2 aliphatic carbocycles. The van der Waals surface area contributed by atoms with Crippen LogP contribution in [0, 0.1) is 36.0 Å². The fraction of sp³-hybridized carbons (Fsp3) is 0.406. The van der Waals surface area contributed by atoms with Gasteiger partial charge in [-0.2, -0.15) is 0 Å². The van der Waals surface area contributed by atoms with E-state index in [2.05, 4.69) is 0 Å². The van der Waals surface area contributed by atoms with Crippen molar-refractivity contribution in [1.82, 2.24) is 4.90 Å². The summed E-state index contributed by atoms with van der Waals surface area (Å²) >= 11 is 0. The van der Waals surface area contributed by atoms with Crippen LogP contribution < -0.4 is 4.90 Å². The highest BCUT2D eigenvalue weighted by molar-refractivity contribution is 6.24. The molecule has 0 spiro atoms. The molecule has 3 fully saturated rings. The van der Waals surface area contributed by atoms with E-state index in [0.29, 0.717) is 23.2 Å². The number of hydrogen-bond donors (Lipinski definition) is 2. The van der Waals surface area contributed by atoms with Crippen molar-refractivity contribution < 1.29 is 34.2 Å². The molecule has 2 N–H and O–H groups in total. The number of anilines is 1. The standard InChI is InChI=1S/C32H32N2O7/c1-17-8-6-11-21(27(17)37)26-19-13-14-20-25(30(40)33(28(20)38)15-7-12-24(35)36)22(19)16-23-29(39)34(31(41)32(23,26)2)18-9-4-3-5-10-18/h3-6,8-11,13,20,22-23,25-26,37H,7,12,14-16H2,1-2H3,(H,35,36). The summed E-state index contributed by atoms with van der Waals surface area (Å²) in [5.41, 5.74) is 1.21. The number of carbonyl (C=O) groups is 5. The van der Waals surface area contributed by atoms with Crippen LogP contribution in [0.15, 0.2) is 60.2 Å². The lowest BCUT2D eigenvalue weighted by molar-refractivity contribution is -0.142. The summed E-state index contributed by atoms with van der Waals surface area (Å²) in [5.74, 6) is -5.57. The minimum absolute atomic E-state index is 0.0292. The van der Waals surface area contributed by atoms with Crippen molar-refractivity contribution in [2.24, 2.45) is 29.1 Å². The van der Waals surface area contributed by atoms with Gasteiger partial charge in [-0.05, 0) is 56.7 Å². The lowest BCUT2D eigenvalue weighted by Gasteiger charge is -2.49. The number of amides is 4. The summed E-state index contributed by atoms with van der Waals surface area (Å²) < 4.78 is 0. The van der Waals surface area contributed by atoms with Gasteiger partial charge in [0.1, 0.15) is 5.75 Å². The lowest BCUT2D eigenvalue weighted by Crippen LogP contribution is -2.49. The number of carboxylic acids is 1. The Morgan fingerprint density at radius 3 is 2.41 bits per heavy atom. The summed E-state index contributed by atoms with van der Waals surface area (Å²) in [6.45, 7) is 3.59. The maximum absolute atomic E-state index is 14.3. The van der Waals surface area contributed by atoms with Gasteiger partial charge in [0.2, 0.25) is 23.6 Å². The molecule has 6 unspecified atom stereocenters. The summed E-state index contributed by atoms with van der Waals surface area (Å²) in [7, 11) is 0. The number of aromatic hydroxyl groups is 1. The molecule has 2 saturated heterocycles. The molecule has 0 radical (unpaired) electrons. The number of benzene rings is 2. The van der Waals surface area contributed by atoms with Crippen molar-refractivity contribution in [3.8, 4) is 5.75 Å². The Bertz CT molecular complexity index is 1520. The van der Waals surface area contributed by atoms with Crippen LogP contribution in [0.25, 0.3) is 0 Å². The molecule has 2 heterocycles. The lowest BCUT2D eigenvalue weighted by atomic mass is 9.51. The van der Waals surface area contributed by atoms with Gasteiger partial charge in [0.15, 0.2) is 0 Å². The molecule has 6 atom stereocenters. The number of aryl methyl sites for hydroxylation is 1. The number of carboxylic acid groups (broad SMARTS) is 1. The summed E-state index contributed by atoms with van der Waals surface area (Å²) in [4.78, 5) is 69.0. The second kappa shape index (κ2) is 9.68. The minimum Gasteiger partial charge on any atom is -0.507 e. The number of fused-ring (bicyclic) bond motifs is 4. The van der Waals surface area contributed by atoms with E-state index in [1.54, 1.807) is 56.3 Å². The van der Waals surface area contributed by atoms with Gasteiger partial charge in [-0.3, -0.25) is 28.9 Å². The molecule has 2 aliphatic heterocycles. The number of para-hydroxylation sites is 2. The van der Waals surface area contributed by atoms with Gasteiger partial charge in [0.05, 0.1) is 28.9 Å². The predicted molar refractivity (Wildman–Crippen MR) is 147 cm³/mol. The molecule has 2 aromatic carbocycles. The number of aliphatic carboxylic acids is 1. The third-order valence-corrected chi connectivity index (χ3v) is 9.73. The Labute approximate surface area is 237 Å². The third-order valence-electron chi connectivity index (χ3n) is 9.73. The van der Waals surface area contributed by atoms with Crippen LogP contribution in [0.1, 0.15) is 49.7 Å². The Hall–Kier alpha value is -4.27. The topological polar surface area (TPSA) is 132 Å². The van der Waals surface area contributed by atoms with E-state index in [1.807, 2.05) is 12.1 Å². The highest BCUT2D eigenvalue weighted by atomic mass is 16.4. The smallest absolute Gasteiger partial charge is 0.303 e. The van der Waals surface area contributed by atoms with Crippen molar-refractivity contribution in [1.29, 1.82) is 0 Å². The van der Waals surface area contributed by atoms with Crippen molar-refractivity contribution in [3.05, 3.63) is 71.3 Å². The van der Waals surface area contributed by atoms with Crippen LogP contribution in [0.5, 0.6) is 5.75 Å². The molecule has 0 aromatic heterocycles. The molecule has 9 nitrogen and oxygen atoms in total. The Kier molecular flexibility index (Phi) is 6.36. The van der Waals surface area contributed by atoms with Crippen LogP contribution in [0.3, 0.4) is 0 Å². The maximum atomic E-state index is 14.3. The van der Waals surface area contributed by atoms with Crippen LogP contribution in [0.2, 0.25) is 0 Å². The van der Waals surface area contributed by atoms with E-state index < -0.39 is 41.0 Å². The highest BCUT2D eigenvalue weighted by Gasteiger charge is 2.67. The zero-order valence-corrected chi connectivity index (χ0v) is 22.9. The van der Waals surface area contributed by atoms with Crippen molar-refractivity contribution in [3.63, 3.8) is 0 Å². The maximum Gasteiger partial charge on any atom is 0.303 e. The number of phenols is 1. The van der Waals surface area contributed by atoms with Crippen LogP contribution in [-0.2, 0) is 24.0 Å². The van der Waals surface area contributed by atoms with E-state index in [9.17, 15) is 29.1 Å². The first-order chi connectivity index (χ1) is 19.6. The van der Waals surface area contributed by atoms with Gasteiger partial charge in [-0.25, -0.2) is 4.90 Å². The monoisotopic (exact) mass is 556 g/mol. The first kappa shape index (κ1) is 26.9. The average molecular weight is 557 g/mol. The second-order valence-corrected chi connectivity index (χ2v) is 11.8. The van der Waals surface area contributed by atoms with Crippen molar-refractivity contribution in [2.45, 2.75) is 45.4 Å². The molecule has 4 aliphatic rings. The molecule has 41 heavy (non-hydrogen) atoms. The quantitative estimate of drug-likeness (QED) is 0.409. The molecule has 6 rings (SSSR count). The molecular formula is C32H32N2O7. The number of nitrogens with zero attached hydrogens (tertiary/aromatic N) is 2. The molecule has 1 saturated carbocycles. The highest BCUT2D eigenvalue weighted by Crippen LogP contribution is 2.64. The van der Waals surface area contributed by atoms with Crippen LogP contribution >= 0.6 is 0 Å². The summed E-state index contributed by atoms with van der Waals surface area (Å²) in [6.07, 6.45) is 2.47. The fourth-order valence-electron chi connectivity index (χ4n) is 7.77. The zero-order chi connectivity index (χ0) is 29.2. The van der Waals surface area contributed by atoms with E-state index in [1.165, 1.54) is 9.80 Å². The molecule has 0 bridgehead atoms. The van der Waals surface area contributed by atoms with Crippen molar-refractivity contribution in [2.75, 3.05) is 11.4 Å². The molecular weight excluding hydrogens is 524 g/mol. The first-order valence-corrected chi connectivity index (χ1v) is 14.1. The first-order valence-electron chi connectivity index (χ1n) is 14.1. The number of carbonyl (C=O) groups excluding carboxylic acids is 4. The average Bonchev–Trinajstić information content (AvgIpc) is 3.30. The second-order valence-electron chi connectivity index (χ2n) is 11.8. The van der Waals surface area contributed by atoms with Gasteiger partial charge < -0.3 is 10.2 Å². The van der Waals surface area contributed by atoms with Gasteiger partial charge >= 0.3 is 5.97 Å². The Balaban J connectivity index is 1.46. The van der Waals surface area contributed by atoms with Gasteiger partial charge in [-0.15, -0.1) is 0 Å². The number of phenolic OH excluding ortho intramolecular Hbond substituents is 1. The van der Waals surface area contributed by atoms with E-state index in [0.717, 1.165) is 5.57 Å². The number of allylic oxidation sites excluding steroid dienone is 2. The fourth-order valence-corrected chi connectivity index (χ4v) is 7.77. The zero-order valence-electron chi connectivity index (χ0n) is 22.9. The van der Waals surface area contributed by atoms with E-state index in [-0.39, 0.29) is 55.2 Å². The van der Waals surface area contributed by atoms with E-state index >= 15 is 0 Å². The predicted octanol–water partition coefficient (Wildman–Crippen LogP) is 3.80. The van der Waals surface area contributed by atoms with E-state index in [4.69, 9.17) is 5.11 Å². The molecule has 4 amide bonds. The minimum atomic E-state index is -1.22. The van der Waals surface area contributed by atoms with Gasteiger partial charge in [0, 0.05) is 24.4 Å².